The lowest BCUT2D eigenvalue weighted by Crippen LogP contribution is -2.29. The van der Waals surface area contributed by atoms with Crippen LogP contribution < -0.4 is 10.2 Å². The highest BCUT2D eigenvalue weighted by molar-refractivity contribution is 6.50. The Morgan fingerprint density at radius 3 is 2.10 bits per heavy atom. The lowest BCUT2D eigenvalue weighted by Gasteiger charge is -2.33. The minimum absolute atomic E-state index is 0.125. The highest BCUT2D eigenvalue weighted by atomic mass is 16.3. The van der Waals surface area contributed by atoms with Gasteiger partial charge in [-0.25, -0.2) is 4.99 Å². The van der Waals surface area contributed by atoms with E-state index in [1.54, 1.807) is 0 Å². The molecule has 2 N–H and O–H groups in total. The lowest BCUT2D eigenvalue weighted by molar-refractivity contribution is -0.118. The smallest absolute Gasteiger partial charge is 0.246 e. The number of anilines is 2. The molecule has 0 unspecified atom stereocenters. The fourth-order valence-electron chi connectivity index (χ4n) is 6.65. The van der Waals surface area contributed by atoms with Crippen molar-refractivity contribution in [2.24, 2.45) is 4.99 Å². The lowest BCUT2D eigenvalue weighted by atomic mass is 9.74. The number of Topliss-reactive ketones (excluding diaryl/α,β-unsaturated/α-hetero) is 1. The van der Waals surface area contributed by atoms with Gasteiger partial charge in [-0.05, 0) is 75.8 Å². The van der Waals surface area contributed by atoms with Gasteiger partial charge in [0.05, 0.1) is 22.5 Å². The summed E-state index contributed by atoms with van der Waals surface area (Å²) >= 11 is 0. The zero-order chi connectivity index (χ0) is 36.3. The SMILES string of the molecule is CCCCC(=O)N=C1C=C(N(C)CC)c2cc(C)ccc2C1=C1C(=O)C(c2c(NC(=O)CCCC)cc(N(C)CC)c3cc(C)ccc23)=C1O. The number of fused-ring (bicyclic) bond motifs is 2. The number of aliphatic imine (C=N–C) groups is 1. The van der Waals surface area contributed by atoms with Crippen LogP contribution in [0.4, 0.5) is 11.4 Å². The van der Waals surface area contributed by atoms with E-state index in [1.165, 1.54) is 0 Å². The Labute approximate surface area is 296 Å². The monoisotopic (exact) mass is 674 g/mol. The van der Waals surface area contributed by atoms with Gasteiger partial charge in [-0.15, -0.1) is 0 Å². The van der Waals surface area contributed by atoms with Gasteiger partial charge in [0, 0.05) is 73.5 Å². The van der Waals surface area contributed by atoms with Crippen molar-refractivity contribution in [3.05, 3.63) is 87.7 Å². The molecule has 50 heavy (non-hydrogen) atoms. The van der Waals surface area contributed by atoms with E-state index in [9.17, 15) is 19.5 Å². The molecule has 2 aliphatic carbocycles. The summed E-state index contributed by atoms with van der Waals surface area (Å²) in [5.74, 6) is -0.950. The Morgan fingerprint density at radius 1 is 0.780 bits per heavy atom. The topological polar surface area (TPSA) is 102 Å². The molecule has 3 aromatic carbocycles. The second-order valence-electron chi connectivity index (χ2n) is 13.4. The molecule has 0 bridgehead atoms. The normalized spacial score (nSPS) is 16.4. The van der Waals surface area contributed by atoms with Gasteiger partial charge in [0.1, 0.15) is 5.76 Å². The van der Waals surface area contributed by atoms with E-state index in [-0.39, 0.29) is 34.5 Å². The van der Waals surface area contributed by atoms with Crippen LogP contribution in [-0.4, -0.2) is 60.5 Å². The van der Waals surface area contributed by atoms with Gasteiger partial charge in [-0.3, -0.25) is 14.4 Å². The van der Waals surface area contributed by atoms with Gasteiger partial charge >= 0.3 is 0 Å². The van der Waals surface area contributed by atoms with Crippen molar-refractivity contribution < 1.29 is 19.5 Å². The van der Waals surface area contributed by atoms with Crippen molar-refractivity contribution in [1.82, 2.24) is 4.90 Å². The molecule has 0 saturated carbocycles. The van der Waals surface area contributed by atoms with Crippen LogP contribution >= 0.6 is 0 Å². The molecular formula is C42H50N4O4. The molecule has 0 aliphatic heterocycles. The predicted molar refractivity (Wildman–Crippen MR) is 207 cm³/mol. The summed E-state index contributed by atoms with van der Waals surface area (Å²) in [5, 5.41) is 16.9. The second kappa shape index (κ2) is 15.3. The van der Waals surface area contributed by atoms with Crippen molar-refractivity contribution >= 4 is 62.3 Å². The van der Waals surface area contributed by atoms with E-state index in [1.807, 2.05) is 78.2 Å². The molecule has 0 spiro atoms. The number of unbranched alkanes of at least 4 members (excludes halogenated alkanes) is 2. The third-order valence-electron chi connectivity index (χ3n) is 9.74. The van der Waals surface area contributed by atoms with Crippen LogP contribution in [0.3, 0.4) is 0 Å². The Kier molecular flexibility index (Phi) is 11.1. The number of ketones is 1. The van der Waals surface area contributed by atoms with E-state index in [4.69, 9.17) is 0 Å². The molecule has 0 atom stereocenters. The Bertz CT molecular complexity index is 2000. The second-order valence-corrected chi connectivity index (χ2v) is 13.4. The van der Waals surface area contributed by atoms with Crippen LogP contribution in [0.1, 0.15) is 94.0 Å². The summed E-state index contributed by atoms with van der Waals surface area (Å²) in [7, 11) is 3.98. The standard InChI is InChI=1S/C42H50N4O4/c1-9-13-15-35(47)43-31-23-33(45(7)11-3)29-21-25(5)17-19-27(29)37(31)39-41(49)40(42(39)50)38-28-20-18-26(6)22-30(28)34(46(8)12-4)24-32(38)44-36(48)16-14-10-2/h17-24,49H,9-16H2,1-8H3,(H,43,47). The third-order valence-corrected chi connectivity index (χ3v) is 9.74. The largest absolute Gasteiger partial charge is 0.506 e. The van der Waals surface area contributed by atoms with E-state index in [2.05, 4.69) is 46.1 Å². The highest BCUT2D eigenvalue weighted by Gasteiger charge is 2.42. The van der Waals surface area contributed by atoms with Gasteiger partial charge in [-0.2, -0.15) is 0 Å². The highest BCUT2D eigenvalue weighted by Crippen LogP contribution is 2.49. The first kappa shape index (κ1) is 36.3. The number of amides is 2. The third kappa shape index (κ3) is 6.89. The van der Waals surface area contributed by atoms with Crippen LogP contribution in [0, 0.1) is 13.8 Å². The number of hydrogen-bond donors (Lipinski definition) is 2. The van der Waals surface area contributed by atoms with Gasteiger partial charge in [0.2, 0.25) is 17.6 Å². The van der Waals surface area contributed by atoms with Crippen LogP contribution in [0.25, 0.3) is 27.6 Å². The number of carbonyl (C=O) groups is 3. The summed E-state index contributed by atoms with van der Waals surface area (Å²) in [6.45, 7) is 13.7. The van der Waals surface area contributed by atoms with Crippen molar-refractivity contribution in [2.45, 2.75) is 80.1 Å². The predicted octanol–water partition coefficient (Wildman–Crippen LogP) is 8.81. The number of nitrogens with zero attached hydrogens (tertiary/aromatic N) is 3. The quantitative estimate of drug-likeness (QED) is 0.186. The first-order chi connectivity index (χ1) is 23.9. The van der Waals surface area contributed by atoms with Crippen LogP contribution in [0.5, 0.6) is 0 Å². The van der Waals surface area contributed by atoms with Crippen LogP contribution in [0.15, 0.2) is 64.9 Å². The fraction of sp³-hybridized carbons (Fsp3) is 0.381. The number of nitrogens with one attached hydrogen (secondary N) is 1. The number of aliphatic hydroxyl groups is 1. The van der Waals surface area contributed by atoms with Crippen molar-refractivity contribution in [3.8, 4) is 0 Å². The molecule has 5 rings (SSSR count). The summed E-state index contributed by atoms with van der Waals surface area (Å²) in [6, 6.07) is 13.9. The molecule has 0 saturated heterocycles. The zero-order valence-corrected chi connectivity index (χ0v) is 30.8. The van der Waals surface area contributed by atoms with Crippen LogP contribution in [-0.2, 0) is 14.4 Å². The van der Waals surface area contributed by atoms with E-state index < -0.39 is 0 Å². The van der Waals surface area contributed by atoms with Gasteiger partial charge in [-0.1, -0.05) is 62.1 Å². The molecule has 2 aliphatic rings. The minimum atomic E-state index is -0.360. The van der Waals surface area contributed by atoms with Gasteiger partial charge in [0.15, 0.2) is 0 Å². The first-order valence-electron chi connectivity index (χ1n) is 17.9. The average Bonchev–Trinajstić information content (AvgIpc) is 3.10. The van der Waals surface area contributed by atoms with E-state index >= 15 is 0 Å². The van der Waals surface area contributed by atoms with Crippen LogP contribution in [0.2, 0.25) is 0 Å². The summed E-state index contributed by atoms with van der Waals surface area (Å²) < 4.78 is 0. The number of hydrogen-bond acceptors (Lipinski definition) is 6. The number of carbonyl (C=O) groups excluding carboxylic acids is 3. The number of allylic oxidation sites excluding steroid dienone is 4. The Hall–Kier alpha value is -4.98. The maximum Gasteiger partial charge on any atom is 0.246 e. The minimum Gasteiger partial charge on any atom is -0.506 e. The molecule has 0 fully saturated rings. The summed E-state index contributed by atoms with van der Waals surface area (Å²) in [4.78, 5) is 49.8. The molecular weight excluding hydrogens is 624 g/mol. The number of aryl methyl sites for hydroxylation is 2. The number of aliphatic hydroxyl groups excluding tert-OH is 1. The van der Waals surface area contributed by atoms with Crippen molar-refractivity contribution in [1.29, 1.82) is 0 Å². The number of rotatable bonds is 12. The van der Waals surface area contributed by atoms with Gasteiger partial charge in [0.25, 0.3) is 0 Å². The molecule has 2 amide bonds. The average molecular weight is 675 g/mol. The fourth-order valence-corrected chi connectivity index (χ4v) is 6.65. The number of benzene rings is 3. The molecule has 3 aromatic rings. The van der Waals surface area contributed by atoms with Crippen molar-refractivity contribution in [3.63, 3.8) is 0 Å². The molecule has 0 aromatic heterocycles. The summed E-state index contributed by atoms with van der Waals surface area (Å²) in [5.41, 5.74) is 7.59. The molecule has 8 nitrogen and oxygen atoms in total. The zero-order valence-electron chi connectivity index (χ0n) is 30.8. The van der Waals surface area contributed by atoms with Crippen molar-refractivity contribution in [2.75, 3.05) is 37.4 Å². The van der Waals surface area contributed by atoms with E-state index in [0.717, 1.165) is 76.8 Å². The summed E-state index contributed by atoms with van der Waals surface area (Å²) in [6.07, 6.45) is 5.68. The molecule has 0 heterocycles. The molecule has 8 heteroatoms. The molecule has 0 radical (unpaired) electrons. The van der Waals surface area contributed by atoms with E-state index in [0.29, 0.717) is 41.8 Å². The first-order valence-corrected chi connectivity index (χ1v) is 17.9. The Balaban J connectivity index is 1.82. The maximum absolute atomic E-state index is 14.6. The Morgan fingerprint density at radius 2 is 1.44 bits per heavy atom. The van der Waals surface area contributed by atoms with Gasteiger partial charge < -0.3 is 20.2 Å². The molecule has 262 valence electrons. The maximum atomic E-state index is 14.6.